The van der Waals surface area contributed by atoms with Crippen LogP contribution in [-0.4, -0.2) is 54.0 Å². The van der Waals surface area contributed by atoms with Gasteiger partial charge in [-0.15, -0.1) is 11.3 Å². The number of carbonyl (C=O) groups excluding carboxylic acids is 3. The quantitative estimate of drug-likeness (QED) is 0.646. The van der Waals surface area contributed by atoms with Crippen LogP contribution in [0.5, 0.6) is 5.75 Å². The smallest absolute Gasteiger partial charge is 0.387 e. The van der Waals surface area contributed by atoms with Crippen molar-refractivity contribution in [3.8, 4) is 5.75 Å². The molecule has 1 atom stereocenters. The van der Waals surface area contributed by atoms with E-state index in [0.717, 1.165) is 11.3 Å². The molecule has 2 amide bonds. The van der Waals surface area contributed by atoms with Crippen LogP contribution in [0.4, 0.5) is 13.9 Å². The Labute approximate surface area is 181 Å². The van der Waals surface area contributed by atoms with Crippen LogP contribution >= 0.6 is 11.3 Å². The lowest BCUT2D eigenvalue weighted by molar-refractivity contribution is -0.121. The zero-order valence-corrected chi connectivity index (χ0v) is 17.5. The SMILES string of the molecule is CCOC(=O)c1csc(NC(=O)C2CCCN(C(=O)c3ccccc3OC(F)F)C2)n1. The van der Waals surface area contributed by atoms with Crippen molar-refractivity contribution in [1.82, 2.24) is 9.88 Å². The van der Waals surface area contributed by atoms with E-state index < -0.39 is 24.4 Å². The number of halogens is 2. The molecular formula is C20H21F2N3O5S. The van der Waals surface area contributed by atoms with E-state index in [2.05, 4.69) is 15.0 Å². The van der Waals surface area contributed by atoms with Crippen LogP contribution in [-0.2, 0) is 9.53 Å². The van der Waals surface area contributed by atoms with Gasteiger partial charge in [-0.1, -0.05) is 12.1 Å². The van der Waals surface area contributed by atoms with Crippen molar-refractivity contribution in [2.45, 2.75) is 26.4 Å². The fraction of sp³-hybridized carbons (Fsp3) is 0.400. The summed E-state index contributed by atoms with van der Waals surface area (Å²) < 4.78 is 34.6. The minimum Gasteiger partial charge on any atom is -0.461 e. The Morgan fingerprint density at radius 3 is 2.84 bits per heavy atom. The summed E-state index contributed by atoms with van der Waals surface area (Å²) in [5, 5.41) is 4.41. The number of esters is 1. The summed E-state index contributed by atoms with van der Waals surface area (Å²) in [6, 6.07) is 5.77. The second-order valence-corrected chi connectivity index (χ2v) is 7.57. The Kier molecular flexibility index (Phi) is 7.50. The molecule has 1 aromatic carbocycles. The second kappa shape index (κ2) is 10.3. The molecule has 1 saturated heterocycles. The van der Waals surface area contributed by atoms with E-state index in [-0.39, 0.29) is 41.2 Å². The molecule has 1 aliphatic heterocycles. The monoisotopic (exact) mass is 453 g/mol. The third-order valence-electron chi connectivity index (χ3n) is 4.63. The number of amides is 2. The molecule has 1 N–H and O–H groups in total. The lowest BCUT2D eigenvalue weighted by Gasteiger charge is -2.32. The molecule has 0 saturated carbocycles. The molecule has 2 aromatic rings. The molecule has 31 heavy (non-hydrogen) atoms. The first kappa shape index (κ1) is 22.6. The third kappa shape index (κ3) is 5.75. The highest BCUT2D eigenvalue weighted by molar-refractivity contribution is 7.14. The first-order valence-electron chi connectivity index (χ1n) is 9.65. The standard InChI is InChI=1S/C20H21F2N3O5S/c1-2-29-18(28)14-11-31-20(23-14)24-16(26)12-6-5-9-25(10-12)17(27)13-7-3-4-8-15(13)30-19(21)22/h3-4,7-8,11-12,19H,2,5-6,9-10H2,1H3,(H,23,24,26). The largest absolute Gasteiger partial charge is 0.461 e. The van der Waals surface area contributed by atoms with Crippen molar-refractivity contribution < 1.29 is 32.6 Å². The number of para-hydroxylation sites is 1. The number of hydrogen-bond donors (Lipinski definition) is 1. The summed E-state index contributed by atoms with van der Waals surface area (Å²) in [5.74, 6) is -2.09. The molecule has 1 fully saturated rings. The number of likely N-dealkylation sites (tertiary alicyclic amines) is 1. The van der Waals surface area contributed by atoms with Gasteiger partial charge in [0.2, 0.25) is 5.91 Å². The van der Waals surface area contributed by atoms with E-state index in [4.69, 9.17) is 4.74 Å². The summed E-state index contributed by atoms with van der Waals surface area (Å²) in [4.78, 5) is 42.7. The fourth-order valence-electron chi connectivity index (χ4n) is 3.23. The van der Waals surface area contributed by atoms with Gasteiger partial charge >= 0.3 is 12.6 Å². The van der Waals surface area contributed by atoms with Gasteiger partial charge in [0.1, 0.15) is 5.75 Å². The van der Waals surface area contributed by atoms with Crippen molar-refractivity contribution in [1.29, 1.82) is 0 Å². The van der Waals surface area contributed by atoms with Gasteiger partial charge in [0.25, 0.3) is 5.91 Å². The number of nitrogens with one attached hydrogen (secondary N) is 1. The zero-order valence-electron chi connectivity index (χ0n) is 16.7. The highest BCUT2D eigenvalue weighted by atomic mass is 32.1. The molecule has 0 aliphatic carbocycles. The Morgan fingerprint density at radius 2 is 2.10 bits per heavy atom. The van der Waals surface area contributed by atoms with Gasteiger partial charge in [0.15, 0.2) is 10.8 Å². The molecule has 1 aliphatic rings. The van der Waals surface area contributed by atoms with Crippen molar-refractivity contribution >= 4 is 34.3 Å². The van der Waals surface area contributed by atoms with Crippen LogP contribution in [0.25, 0.3) is 0 Å². The maximum Gasteiger partial charge on any atom is 0.387 e. The molecule has 0 bridgehead atoms. The molecule has 8 nitrogen and oxygen atoms in total. The molecule has 2 heterocycles. The van der Waals surface area contributed by atoms with Crippen molar-refractivity contribution in [3.05, 3.63) is 40.9 Å². The maximum atomic E-state index is 12.9. The van der Waals surface area contributed by atoms with E-state index in [1.165, 1.54) is 28.5 Å². The summed E-state index contributed by atoms with van der Waals surface area (Å²) in [5.41, 5.74) is 0.126. The molecule has 166 valence electrons. The predicted octanol–water partition coefficient (Wildman–Crippen LogP) is 3.41. The summed E-state index contributed by atoms with van der Waals surface area (Å²) in [6.07, 6.45) is 1.13. The minimum absolute atomic E-state index is 0.0165. The number of nitrogens with zero attached hydrogens (tertiary/aromatic N) is 2. The second-order valence-electron chi connectivity index (χ2n) is 6.71. The average molecular weight is 453 g/mol. The zero-order chi connectivity index (χ0) is 22.4. The minimum atomic E-state index is -3.05. The predicted molar refractivity (Wildman–Crippen MR) is 108 cm³/mol. The van der Waals surface area contributed by atoms with Gasteiger partial charge in [-0.25, -0.2) is 9.78 Å². The molecule has 3 rings (SSSR count). The van der Waals surface area contributed by atoms with Crippen molar-refractivity contribution in [2.75, 3.05) is 25.0 Å². The van der Waals surface area contributed by atoms with Crippen LogP contribution in [0.2, 0.25) is 0 Å². The van der Waals surface area contributed by atoms with Crippen LogP contribution in [0.15, 0.2) is 29.6 Å². The first-order chi connectivity index (χ1) is 14.9. The Hall–Kier alpha value is -3.08. The van der Waals surface area contributed by atoms with Crippen molar-refractivity contribution in [2.24, 2.45) is 5.92 Å². The number of ether oxygens (including phenoxy) is 2. The Morgan fingerprint density at radius 1 is 1.32 bits per heavy atom. The van der Waals surface area contributed by atoms with Gasteiger partial charge in [-0.2, -0.15) is 8.78 Å². The van der Waals surface area contributed by atoms with E-state index in [1.54, 1.807) is 13.0 Å². The normalized spacial score (nSPS) is 16.1. The molecular weight excluding hydrogens is 432 g/mol. The lowest BCUT2D eigenvalue weighted by atomic mass is 9.96. The summed E-state index contributed by atoms with van der Waals surface area (Å²) >= 11 is 1.10. The highest BCUT2D eigenvalue weighted by Gasteiger charge is 2.31. The Balaban J connectivity index is 1.65. The van der Waals surface area contributed by atoms with Gasteiger partial charge < -0.3 is 19.7 Å². The average Bonchev–Trinajstić information content (AvgIpc) is 3.22. The van der Waals surface area contributed by atoms with Crippen LogP contribution in [0, 0.1) is 5.92 Å². The molecule has 1 aromatic heterocycles. The van der Waals surface area contributed by atoms with Gasteiger partial charge in [0.05, 0.1) is 18.1 Å². The van der Waals surface area contributed by atoms with E-state index >= 15 is 0 Å². The number of aromatic nitrogens is 1. The molecule has 1 unspecified atom stereocenters. The van der Waals surface area contributed by atoms with Gasteiger partial charge in [-0.3, -0.25) is 9.59 Å². The number of hydrogen-bond acceptors (Lipinski definition) is 7. The fourth-order valence-corrected chi connectivity index (χ4v) is 3.91. The number of thiazole rings is 1. The first-order valence-corrected chi connectivity index (χ1v) is 10.5. The van der Waals surface area contributed by atoms with Crippen molar-refractivity contribution in [3.63, 3.8) is 0 Å². The topological polar surface area (TPSA) is 97.8 Å². The van der Waals surface area contributed by atoms with E-state index in [1.807, 2.05) is 0 Å². The third-order valence-corrected chi connectivity index (χ3v) is 5.39. The van der Waals surface area contributed by atoms with Crippen LogP contribution < -0.4 is 10.1 Å². The maximum absolute atomic E-state index is 12.9. The van der Waals surface area contributed by atoms with Gasteiger partial charge in [0, 0.05) is 18.5 Å². The number of benzene rings is 1. The highest BCUT2D eigenvalue weighted by Crippen LogP contribution is 2.26. The van der Waals surface area contributed by atoms with Crippen LogP contribution in [0.1, 0.15) is 40.6 Å². The molecule has 0 radical (unpaired) electrons. The van der Waals surface area contributed by atoms with Gasteiger partial charge in [-0.05, 0) is 31.9 Å². The number of piperidine rings is 1. The van der Waals surface area contributed by atoms with E-state index in [0.29, 0.717) is 19.4 Å². The summed E-state index contributed by atoms with van der Waals surface area (Å²) in [7, 11) is 0. The molecule has 0 spiro atoms. The lowest BCUT2D eigenvalue weighted by Crippen LogP contribution is -2.43. The van der Waals surface area contributed by atoms with Crippen LogP contribution in [0.3, 0.4) is 0 Å². The summed E-state index contributed by atoms with van der Waals surface area (Å²) in [6.45, 7) is -0.623. The molecule has 11 heteroatoms. The number of carbonyl (C=O) groups is 3. The number of alkyl halides is 2. The number of rotatable bonds is 7. The Bertz CT molecular complexity index is 952. The number of anilines is 1. The van der Waals surface area contributed by atoms with E-state index in [9.17, 15) is 23.2 Å².